The molecule has 7 heteroatoms. The van der Waals surface area contributed by atoms with Crippen LogP contribution in [0.15, 0.2) is 72.5 Å². The summed E-state index contributed by atoms with van der Waals surface area (Å²) in [6, 6.07) is 9.45. The Bertz CT molecular complexity index is 987. The van der Waals surface area contributed by atoms with Gasteiger partial charge in [0.1, 0.15) is 11.5 Å². The fourth-order valence-electron chi connectivity index (χ4n) is 2.51. The number of nitrogens with one attached hydrogen (secondary N) is 1. The zero-order chi connectivity index (χ0) is 19.9. The summed E-state index contributed by atoms with van der Waals surface area (Å²) in [7, 11) is 1.89. The SMILES string of the molecule is C=C(Nc1cccnc1)N(C)c1nc(-c2cncc(Cl)c2)ccc1/N=C\CC. The summed E-state index contributed by atoms with van der Waals surface area (Å²) in [5, 5.41) is 3.80. The van der Waals surface area contributed by atoms with Gasteiger partial charge in [-0.25, -0.2) is 4.98 Å². The number of rotatable bonds is 7. The molecule has 0 saturated carbocycles. The van der Waals surface area contributed by atoms with Crippen molar-refractivity contribution >= 4 is 35.0 Å². The third-order valence-corrected chi connectivity index (χ3v) is 4.15. The Balaban J connectivity index is 1.96. The first-order valence-corrected chi connectivity index (χ1v) is 9.20. The molecular formula is C21H21ClN6. The maximum Gasteiger partial charge on any atom is 0.160 e. The van der Waals surface area contributed by atoms with E-state index in [4.69, 9.17) is 16.6 Å². The molecule has 0 bridgehead atoms. The van der Waals surface area contributed by atoms with Crippen molar-refractivity contribution in [2.75, 3.05) is 17.3 Å². The molecule has 3 rings (SSSR count). The van der Waals surface area contributed by atoms with Gasteiger partial charge in [-0.3, -0.25) is 15.0 Å². The monoisotopic (exact) mass is 392 g/mol. The van der Waals surface area contributed by atoms with Crippen LogP contribution in [0.2, 0.25) is 5.02 Å². The van der Waals surface area contributed by atoms with Crippen molar-refractivity contribution in [1.29, 1.82) is 0 Å². The molecule has 3 aromatic rings. The van der Waals surface area contributed by atoms with Crippen LogP contribution in [-0.2, 0) is 0 Å². The summed E-state index contributed by atoms with van der Waals surface area (Å²) in [6.07, 6.45) is 9.47. The number of aliphatic imine (C=N–C) groups is 1. The Labute approximate surface area is 169 Å². The summed E-state index contributed by atoms with van der Waals surface area (Å²) in [6.45, 7) is 6.16. The van der Waals surface area contributed by atoms with Gasteiger partial charge < -0.3 is 10.2 Å². The van der Waals surface area contributed by atoms with Gasteiger partial charge in [-0.15, -0.1) is 0 Å². The molecule has 1 N–H and O–H groups in total. The normalized spacial score (nSPS) is 10.8. The van der Waals surface area contributed by atoms with E-state index in [1.54, 1.807) is 24.8 Å². The van der Waals surface area contributed by atoms with Crippen LogP contribution in [0.4, 0.5) is 17.2 Å². The van der Waals surface area contributed by atoms with Gasteiger partial charge in [0.2, 0.25) is 0 Å². The molecule has 0 spiro atoms. The Morgan fingerprint density at radius 2 is 2.11 bits per heavy atom. The van der Waals surface area contributed by atoms with Crippen molar-refractivity contribution < 1.29 is 0 Å². The molecule has 0 amide bonds. The van der Waals surface area contributed by atoms with Crippen LogP contribution >= 0.6 is 11.6 Å². The van der Waals surface area contributed by atoms with Gasteiger partial charge in [0.25, 0.3) is 0 Å². The van der Waals surface area contributed by atoms with Crippen LogP contribution in [-0.4, -0.2) is 28.2 Å². The van der Waals surface area contributed by atoms with E-state index in [2.05, 4.69) is 26.9 Å². The van der Waals surface area contributed by atoms with Crippen LogP contribution in [0.1, 0.15) is 13.3 Å². The predicted octanol–water partition coefficient (Wildman–Crippen LogP) is 5.32. The highest BCUT2D eigenvalue weighted by Gasteiger charge is 2.14. The highest BCUT2D eigenvalue weighted by atomic mass is 35.5. The lowest BCUT2D eigenvalue weighted by molar-refractivity contribution is 1.05. The van der Waals surface area contributed by atoms with Gasteiger partial charge in [0, 0.05) is 37.4 Å². The highest BCUT2D eigenvalue weighted by Crippen LogP contribution is 2.31. The van der Waals surface area contributed by atoms with Crippen molar-refractivity contribution in [2.24, 2.45) is 4.99 Å². The van der Waals surface area contributed by atoms with E-state index < -0.39 is 0 Å². The second-order valence-electron chi connectivity index (χ2n) is 6.02. The number of anilines is 2. The summed E-state index contributed by atoms with van der Waals surface area (Å²) < 4.78 is 0. The minimum Gasteiger partial charge on any atom is -0.341 e. The number of hydrogen-bond acceptors (Lipinski definition) is 6. The van der Waals surface area contributed by atoms with Crippen LogP contribution in [0.3, 0.4) is 0 Å². The number of nitrogens with zero attached hydrogens (tertiary/aromatic N) is 5. The van der Waals surface area contributed by atoms with Gasteiger partial charge in [-0.2, -0.15) is 0 Å². The van der Waals surface area contributed by atoms with Gasteiger partial charge in [0.05, 0.1) is 22.6 Å². The molecule has 3 aromatic heterocycles. The molecule has 142 valence electrons. The molecule has 28 heavy (non-hydrogen) atoms. The third kappa shape index (κ3) is 4.72. The Morgan fingerprint density at radius 1 is 1.25 bits per heavy atom. The molecule has 0 aliphatic rings. The maximum absolute atomic E-state index is 6.08. The first-order chi connectivity index (χ1) is 13.6. The first-order valence-electron chi connectivity index (χ1n) is 8.82. The minimum atomic E-state index is 0.560. The molecule has 3 heterocycles. The Morgan fingerprint density at radius 3 is 2.82 bits per heavy atom. The van der Waals surface area contributed by atoms with E-state index >= 15 is 0 Å². The molecular weight excluding hydrogens is 372 g/mol. The summed E-state index contributed by atoms with van der Waals surface area (Å²) in [4.78, 5) is 19.4. The van der Waals surface area contributed by atoms with Crippen LogP contribution in [0.25, 0.3) is 11.3 Å². The van der Waals surface area contributed by atoms with Gasteiger partial charge in [-0.1, -0.05) is 25.1 Å². The summed E-state index contributed by atoms with van der Waals surface area (Å²) >= 11 is 6.08. The van der Waals surface area contributed by atoms with Crippen LogP contribution < -0.4 is 10.2 Å². The van der Waals surface area contributed by atoms with E-state index in [0.29, 0.717) is 16.7 Å². The quantitative estimate of drug-likeness (QED) is 0.551. The molecule has 0 fully saturated rings. The molecule has 0 aromatic carbocycles. The van der Waals surface area contributed by atoms with E-state index in [9.17, 15) is 0 Å². The molecule has 0 aliphatic carbocycles. The molecule has 6 nitrogen and oxygen atoms in total. The number of aromatic nitrogens is 3. The molecule has 0 saturated heterocycles. The van der Waals surface area contributed by atoms with E-state index in [1.165, 1.54) is 0 Å². The van der Waals surface area contributed by atoms with E-state index in [-0.39, 0.29) is 0 Å². The van der Waals surface area contributed by atoms with Gasteiger partial charge in [-0.05, 0) is 36.8 Å². The van der Waals surface area contributed by atoms with Crippen molar-refractivity contribution in [1.82, 2.24) is 15.0 Å². The van der Waals surface area contributed by atoms with Gasteiger partial charge in [0.15, 0.2) is 5.82 Å². The van der Waals surface area contributed by atoms with Crippen molar-refractivity contribution in [3.8, 4) is 11.3 Å². The van der Waals surface area contributed by atoms with Crippen molar-refractivity contribution in [2.45, 2.75) is 13.3 Å². The Hall–Kier alpha value is -3.25. The van der Waals surface area contributed by atoms with E-state index in [1.807, 2.05) is 55.4 Å². The highest BCUT2D eigenvalue weighted by molar-refractivity contribution is 6.30. The first kappa shape index (κ1) is 19.5. The molecule has 0 aliphatic heterocycles. The average Bonchev–Trinajstić information content (AvgIpc) is 2.72. The lowest BCUT2D eigenvalue weighted by atomic mass is 10.2. The standard InChI is InChI=1S/C21H21ClN6/c1-4-9-25-20-8-7-19(16-11-17(22)13-24-12-16)27-21(20)28(3)15(2)26-18-6-5-10-23-14-18/h5-14,26H,2,4H2,1,3H3/b25-9-. The summed E-state index contributed by atoms with van der Waals surface area (Å²) in [5.41, 5.74) is 3.17. The predicted molar refractivity (Wildman–Crippen MR) is 116 cm³/mol. The fraction of sp³-hybridized carbons (Fsp3) is 0.143. The second-order valence-corrected chi connectivity index (χ2v) is 6.46. The average molecular weight is 393 g/mol. The number of pyridine rings is 3. The largest absolute Gasteiger partial charge is 0.341 e. The van der Waals surface area contributed by atoms with Gasteiger partial charge >= 0.3 is 0 Å². The minimum absolute atomic E-state index is 0.560. The number of halogens is 1. The lowest BCUT2D eigenvalue weighted by Crippen LogP contribution is -2.22. The van der Waals surface area contributed by atoms with Crippen molar-refractivity contribution in [3.63, 3.8) is 0 Å². The Kier molecular flexibility index (Phi) is 6.34. The lowest BCUT2D eigenvalue weighted by Gasteiger charge is -2.23. The van der Waals surface area contributed by atoms with Crippen LogP contribution in [0, 0.1) is 0 Å². The summed E-state index contributed by atoms with van der Waals surface area (Å²) in [5.74, 6) is 1.32. The molecule has 0 unspecified atom stereocenters. The molecule has 0 atom stereocenters. The van der Waals surface area contributed by atoms with Crippen molar-refractivity contribution in [3.05, 3.63) is 72.5 Å². The smallest absolute Gasteiger partial charge is 0.160 e. The fourth-order valence-corrected chi connectivity index (χ4v) is 2.68. The second kappa shape index (κ2) is 9.10. The zero-order valence-electron chi connectivity index (χ0n) is 15.8. The maximum atomic E-state index is 6.08. The van der Waals surface area contributed by atoms with Crippen LogP contribution in [0.5, 0.6) is 0 Å². The molecule has 0 radical (unpaired) electrons. The number of hydrogen-bond donors (Lipinski definition) is 1. The topological polar surface area (TPSA) is 66.3 Å². The van der Waals surface area contributed by atoms with E-state index in [0.717, 1.165) is 29.1 Å². The third-order valence-electron chi connectivity index (χ3n) is 3.94. The zero-order valence-corrected chi connectivity index (χ0v) is 16.6.